The highest BCUT2D eigenvalue weighted by molar-refractivity contribution is 7.89. The molecule has 9 nitrogen and oxygen atoms in total. The van der Waals surface area contributed by atoms with Gasteiger partial charge in [0.1, 0.15) is 4.90 Å². The lowest BCUT2D eigenvalue weighted by Crippen LogP contribution is -2.37. The molecule has 150 valence electrons. The highest BCUT2D eigenvalue weighted by Crippen LogP contribution is 2.37. The van der Waals surface area contributed by atoms with E-state index in [0.29, 0.717) is 5.56 Å². The molecule has 0 spiro atoms. The van der Waals surface area contributed by atoms with Crippen molar-refractivity contribution < 1.29 is 32.2 Å². The number of ether oxygens (including phenoxy) is 3. The van der Waals surface area contributed by atoms with E-state index in [1.807, 2.05) is 0 Å². The summed E-state index contributed by atoms with van der Waals surface area (Å²) in [7, 11) is 4.18. The van der Waals surface area contributed by atoms with Gasteiger partial charge >= 0.3 is 5.97 Å². The van der Waals surface area contributed by atoms with E-state index in [4.69, 9.17) is 9.47 Å². The minimum atomic E-state index is -4.08. The molecule has 0 heterocycles. The van der Waals surface area contributed by atoms with E-state index in [1.54, 1.807) is 0 Å². The number of hydrogen-bond donors (Lipinski definition) is 0. The van der Waals surface area contributed by atoms with Gasteiger partial charge in [0.05, 0.1) is 27.9 Å². The molecule has 0 radical (unpaired) electrons. The van der Waals surface area contributed by atoms with Crippen molar-refractivity contribution >= 4 is 28.0 Å². The van der Waals surface area contributed by atoms with Crippen molar-refractivity contribution in [3.8, 4) is 11.5 Å². The third-order valence-corrected chi connectivity index (χ3v) is 5.43. The van der Waals surface area contributed by atoms with Gasteiger partial charge in [-0.05, 0) is 23.8 Å². The minimum absolute atomic E-state index is 0.00290. The van der Waals surface area contributed by atoms with Crippen molar-refractivity contribution in [1.29, 1.82) is 0 Å². The third-order valence-electron chi connectivity index (χ3n) is 3.63. The van der Waals surface area contributed by atoms with E-state index < -0.39 is 16.0 Å². The Balaban J connectivity index is 3.47. The SMILES string of the molecule is COC(=O)/C=C/c1cc(OC)c(OC)c(S(=O)(=O)N(C)CC(=O)N(C)C)c1. The van der Waals surface area contributed by atoms with Crippen molar-refractivity contribution in [2.24, 2.45) is 0 Å². The van der Waals surface area contributed by atoms with Crippen LogP contribution in [0.3, 0.4) is 0 Å². The molecule has 0 aliphatic rings. The Morgan fingerprint density at radius 3 is 2.19 bits per heavy atom. The van der Waals surface area contributed by atoms with Crippen LogP contribution < -0.4 is 9.47 Å². The number of esters is 1. The number of carbonyl (C=O) groups excluding carboxylic acids is 2. The maximum absolute atomic E-state index is 13.0. The molecule has 0 aliphatic carbocycles. The zero-order valence-corrected chi connectivity index (χ0v) is 17.0. The van der Waals surface area contributed by atoms with Gasteiger partial charge in [-0.15, -0.1) is 0 Å². The summed E-state index contributed by atoms with van der Waals surface area (Å²) in [4.78, 5) is 24.3. The quantitative estimate of drug-likeness (QED) is 0.465. The van der Waals surface area contributed by atoms with Crippen LogP contribution in [0.15, 0.2) is 23.1 Å². The first-order valence-corrected chi connectivity index (χ1v) is 9.21. The zero-order chi connectivity index (χ0) is 20.8. The van der Waals surface area contributed by atoms with Gasteiger partial charge < -0.3 is 19.1 Å². The number of hydrogen-bond acceptors (Lipinski definition) is 7. The lowest BCUT2D eigenvalue weighted by molar-refractivity contribution is -0.134. The molecule has 0 unspecified atom stereocenters. The lowest BCUT2D eigenvalue weighted by Gasteiger charge is -2.21. The Morgan fingerprint density at radius 1 is 1.07 bits per heavy atom. The average Bonchev–Trinajstić information content (AvgIpc) is 2.64. The predicted molar refractivity (Wildman–Crippen MR) is 99.1 cm³/mol. The average molecular weight is 400 g/mol. The molecule has 0 atom stereocenters. The van der Waals surface area contributed by atoms with Gasteiger partial charge in [0.15, 0.2) is 11.5 Å². The highest BCUT2D eigenvalue weighted by atomic mass is 32.2. The smallest absolute Gasteiger partial charge is 0.330 e. The molecular formula is C17H24N2O7S. The van der Waals surface area contributed by atoms with Crippen molar-refractivity contribution in [3.63, 3.8) is 0 Å². The van der Waals surface area contributed by atoms with Gasteiger partial charge in [-0.2, -0.15) is 4.31 Å². The highest BCUT2D eigenvalue weighted by Gasteiger charge is 2.29. The van der Waals surface area contributed by atoms with Crippen LogP contribution in [0, 0.1) is 0 Å². The standard InChI is InChI=1S/C17H24N2O7S/c1-18(2)15(20)11-19(3)27(22,23)14-10-12(7-8-16(21)25-5)9-13(24-4)17(14)26-6/h7-10H,11H2,1-6H3/b8-7+. The topological polar surface area (TPSA) is 102 Å². The Labute approximate surface area is 159 Å². The Bertz CT molecular complexity index is 832. The third kappa shape index (κ3) is 5.44. The van der Waals surface area contributed by atoms with E-state index in [9.17, 15) is 18.0 Å². The molecule has 1 aromatic rings. The molecular weight excluding hydrogens is 376 g/mol. The molecule has 1 amide bonds. The summed E-state index contributed by atoms with van der Waals surface area (Å²) in [6.07, 6.45) is 2.54. The summed E-state index contributed by atoms with van der Waals surface area (Å²) in [6.45, 7) is -0.344. The van der Waals surface area contributed by atoms with Crippen LogP contribution in [0.1, 0.15) is 5.56 Å². The van der Waals surface area contributed by atoms with Gasteiger partial charge in [0.25, 0.3) is 0 Å². The van der Waals surface area contributed by atoms with Gasteiger partial charge in [-0.1, -0.05) is 0 Å². The second kappa shape index (κ2) is 9.38. The largest absolute Gasteiger partial charge is 0.493 e. The molecule has 0 aliphatic heterocycles. The monoisotopic (exact) mass is 400 g/mol. The van der Waals surface area contributed by atoms with Crippen molar-refractivity contribution in [2.75, 3.05) is 49.0 Å². The Hall–Kier alpha value is -2.59. The zero-order valence-electron chi connectivity index (χ0n) is 16.2. The van der Waals surface area contributed by atoms with Crippen molar-refractivity contribution in [2.45, 2.75) is 4.90 Å². The number of carbonyl (C=O) groups is 2. The number of benzene rings is 1. The number of likely N-dealkylation sites (N-methyl/N-ethyl adjacent to an activating group) is 2. The molecule has 0 saturated heterocycles. The summed E-state index contributed by atoms with van der Waals surface area (Å²) >= 11 is 0. The summed E-state index contributed by atoms with van der Waals surface area (Å²) in [5.41, 5.74) is 0.379. The van der Waals surface area contributed by atoms with Crippen molar-refractivity contribution in [3.05, 3.63) is 23.8 Å². The number of rotatable bonds is 8. The van der Waals surface area contributed by atoms with Crippen molar-refractivity contribution in [1.82, 2.24) is 9.21 Å². The van der Waals surface area contributed by atoms with E-state index in [-0.39, 0.29) is 28.8 Å². The van der Waals surface area contributed by atoms with E-state index in [1.165, 1.54) is 65.6 Å². The summed E-state index contributed by atoms with van der Waals surface area (Å²) in [5.74, 6) is -0.816. The fourth-order valence-corrected chi connectivity index (χ4v) is 3.37. The van der Waals surface area contributed by atoms with E-state index >= 15 is 0 Å². The number of methoxy groups -OCH3 is 3. The van der Waals surface area contributed by atoms with Gasteiger partial charge in [0.2, 0.25) is 15.9 Å². The summed E-state index contributed by atoms with van der Waals surface area (Å²) in [6, 6.07) is 2.84. The number of amides is 1. The molecule has 0 N–H and O–H groups in total. The summed E-state index contributed by atoms with van der Waals surface area (Å²) in [5, 5.41) is 0. The fourth-order valence-electron chi connectivity index (χ4n) is 2.05. The molecule has 1 aromatic carbocycles. The van der Waals surface area contributed by atoms with Gasteiger partial charge in [-0.3, -0.25) is 4.79 Å². The van der Waals surface area contributed by atoms with Crippen LogP contribution in [0.5, 0.6) is 11.5 Å². The Morgan fingerprint density at radius 2 is 1.70 bits per heavy atom. The first kappa shape index (κ1) is 22.5. The van der Waals surface area contributed by atoms with Crippen LogP contribution >= 0.6 is 0 Å². The molecule has 27 heavy (non-hydrogen) atoms. The predicted octanol–water partition coefficient (Wildman–Crippen LogP) is 0.599. The maximum Gasteiger partial charge on any atom is 0.330 e. The second-order valence-corrected chi connectivity index (χ2v) is 7.67. The van der Waals surface area contributed by atoms with Crippen LogP contribution in [-0.2, 0) is 24.3 Å². The molecule has 0 bridgehead atoms. The first-order valence-electron chi connectivity index (χ1n) is 7.77. The van der Waals surface area contributed by atoms with Crippen LogP contribution in [-0.4, -0.2) is 78.5 Å². The molecule has 10 heteroatoms. The van der Waals surface area contributed by atoms with Gasteiger partial charge in [-0.25, -0.2) is 13.2 Å². The van der Waals surface area contributed by atoms with Crippen LogP contribution in [0.4, 0.5) is 0 Å². The fraction of sp³-hybridized carbons (Fsp3) is 0.412. The molecule has 0 fully saturated rings. The van der Waals surface area contributed by atoms with Crippen LogP contribution in [0.25, 0.3) is 6.08 Å². The first-order chi connectivity index (χ1) is 12.6. The lowest BCUT2D eigenvalue weighted by atomic mass is 10.2. The number of sulfonamides is 1. The summed E-state index contributed by atoms with van der Waals surface area (Å²) < 4.78 is 41.8. The van der Waals surface area contributed by atoms with E-state index in [0.717, 1.165) is 10.4 Å². The van der Waals surface area contributed by atoms with Gasteiger partial charge in [0, 0.05) is 27.2 Å². The molecule has 1 rings (SSSR count). The molecule has 0 saturated carbocycles. The van der Waals surface area contributed by atoms with E-state index in [2.05, 4.69) is 4.74 Å². The second-order valence-electron chi connectivity index (χ2n) is 5.66. The minimum Gasteiger partial charge on any atom is -0.493 e. The Kier molecular flexibility index (Phi) is 7.80. The van der Waals surface area contributed by atoms with Crippen LogP contribution in [0.2, 0.25) is 0 Å². The maximum atomic E-state index is 13.0. The molecule has 0 aromatic heterocycles. The normalized spacial score (nSPS) is 11.5. The number of nitrogens with zero attached hydrogens (tertiary/aromatic N) is 2.